The first-order valence-electron chi connectivity index (χ1n) is 7.91. The van der Waals surface area contributed by atoms with Crippen LogP contribution in [0.2, 0.25) is 0 Å². The van der Waals surface area contributed by atoms with Gasteiger partial charge in [0.2, 0.25) is 0 Å². The van der Waals surface area contributed by atoms with Crippen LogP contribution in [0, 0.1) is 0 Å². The minimum Gasteiger partial charge on any atom is -0.486 e. The zero-order valence-corrected chi connectivity index (χ0v) is 13.1. The first-order valence-corrected chi connectivity index (χ1v) is 7.91. The maximum Gasteiger partial charge on any atom is 0.257 e. The smallest absolute Gasteiger partial charge is 0.257 e. The van der Waals surface area contributed by atoms with Gasteiger partial charge in [-0.3, -0.25) is 9.48 Å². The third-order valence-electron chi connectivity index (χ3n) is 4.42. The number of carbonyl (C=O) groups is 1. The molecule has 2 aromatic rings. The van der Waals surface area contributed by atoms with E-state index in [9.17, 15) is 4.79 Å². The predicted molar refractivity (Wildman–Crippen MR) is 83.7 cm³/mol. The Hall–Kier alpha value is -2.50. The number of hydrogen-bond acceptors (Lipinski definition) is 4. The SMILES string of the molecule is Cn1cc(C(=O)N2CCCC2c2ccc3c(c2)OCCO3)cn1. The molecule has 0 saturated carbocycles. The second-order valence-electron chi connectivity index (χ2n) is 5.96. The molecular weight excluding hydrogens is 294 g/mol. The second kappa shape index (κ2) is 5.61. The Kier molecular flexibility index (Phi) is 3.44. The van der Waals surface area contributed by atoms with Gasteiger partial charge in [-0.1, -0.05) is 6.07 Å². The van der Waals surface area contributed by atoms with Crippen molar-refractivity contribution in [1.29, 1.82) is 0 Å². The van der Waals surface area contributed by atoms with Crippen LogP contribution in [-0.2, 0) is 7.05 Å². The first kappa shape index (κ1) is 14.1. The normalized spacial score (nSPS) is 19.9. The first-order chi connectivity index (χ1) is 11.2. The highest BCUT2D eigenvalue weighted by Crippen LogP contribution is 2.38. The van der Waals surface area contributed by atoms with Crippen LogP contribution in [0.25, 0.3) is 0 Å². The van der Waals surface area contributed by atoms with Gasteiger partial charge < -0.3 is 14.4 Å². The number of ether oxygens (including phenoxy) is 2. The van der Waals surface area contributed by atoms with Crippen molar-refractivity contribution in [2.75, 3.05) is 19.8 Å². The van der Waals surface area contributed by atoms with Crippen molar-refractivity contribution in [2.24, 2.45) is 7.05 Å². The molecule has 1 fully saturated rings. The molecule has 0 bridgehead atoms. The number of likely N-dealkylation sites (tertiary alicyclic amines) is 1. The summed E-state index contributed by atoms with van der Waals surface area (Å²) in [5, 5.41) is 4.10. The largest absolute Gasteiger partial charge is 0.486 e. The van der Waals surface area contributed by atoms with E-state index < -0.39 is 0 Å². The lowest BCUT2D eigenvalue weighted by Crippen LogP contribution is -2.30. The van der Waals surface area contributed by atoms with Gasteiger partial charge in [0.05, 0.1) is 17.8 Å². The average molecular weight is 313 g/mol. The zero-order chi connectivity index (χ0) is 15.8. The topological polar surface area (TPSA) is 56.6 Å². The number of fused-ring (bicyclic) bond motifs is 1. The zero-order valence-electron chi connectivity index (χ0n) is 13.1. The molecular formula is C17H19N3O3. The lowest BCUT2D eigenvalue weighted by molar-refractivity contribution is 0.0735. The minimum atomic E-state index is 0.0375. The molecule has 2 aliphatic rings. The Morgan fingerprint density at radius 2 is 2.09 bits per heavy atom. The van der Waals surface area contributed by atoms with Crippen LogP contribution >= 0.6 is 0 Å². The van der Waals surface area contributed by atoms with Crippen molar-refractivity contribution in [3.8, 4) is 11.5 Å². The fraction of sp³-hybridized carbons (Fsp3) is 0.412. The standard InChI is InChI=1S/C17H19N3O3/c1-19-11-13(10-18-19)17(21)20-6-2-3-14(20)12-4-5-15-16(9-12)23-8-7-22-15/h4-5,9-11,14H,2-3,6-8H2,1H3. The molecule has 120 valence electrons. The van der Waals surface area contributed by atoms with E-state index in [1.165, 1.54) is 0 Å². The van der Waals surface area contributed by atoms with Crippen molar-refractivity contribution in [1.82, 2.24) is 14.7 Å². The number of hydrogen-bond donors (Lipinski definition) is 0. The number of rotatable bonds is 2. The summed E-state index contributed by atoms with van der Waals surface area (Å²) in [6.45, 7) is 1.92. The molecule has 23 heavy (non-hydrogen) atoms. The van der Waals surface area contributed by atoms with Crippen LogP contribution in [0.3, 0.4) is 0 Å². The molecule has 1 aromatic heterocycles. The van der Waals surface area contributed by atoms with Crippen molar-refractivity contribution in [3.05, 3.63) is 41.7 Å². The Morgan fingerprint density at radius 3 is 2.87 bits per heavy atom. The average Bonchev–Trinajstić information content (AvgIpc) is 3.23. The van der Waals surface area contributed by atoms with Gasteiger partial charge in [0, 0.05) is 19.8 Å². The van der Waals surface area contributed by atoms with Crippen molar-refractivity contribution in [2.45, 2.75) is 18.9 Å². The summed E-state index contributed by atoms with van der Waals surface area (Å²) >= 11 is 0. The molecule has 1 unspecified atom stereocenters. The van der Waals surface area contributed by atoms with E-state index in [0.717, 1.165) is 36.4 Å². The molecule has 1 atom stereocenters. The van der Waals surface area contributed by atoms with E-state index in [-0.39, 0.29) is 11.9 Å². The molecule has 1 aromatic carbocycles. The Labute approximate surface area is 134 Å². The van der Waals surface area contributed by atoms with E-state index in [1.807, 2.05) is 30.1 Å². The van der Waals surface area contributed by atoms with Crippen LogP contribution in [-0.4, -0.2) is 40.3 Å². The molecule has 6 nitrogen and oxygen atoms in total. The van der Waals surface area contributed by atoms with E-state index in [2.05, 4.69) is 5.10 Å². The van der Waals surface area contributed by atoms with Crippen LogP contribution in [0.15, 0.2) is 30.6 Å². The van der Waals surface area contributed by atoms with Gasteiger partial charge in [0.15, 0.2) is 11.5 Å². The van der Waals surface area contributed by atoms with Crippen LogP contribution in [0.1, 0.15) is 34.8 Å². The van der Waals surface area contributed by atoms with Gasteiger partial charge in [-0.25, -0.2) is 0 Å². The molecule has 3 heterocycles. The number of amides is 1. The summed E-state index contributed by atoms with van der Waals surface area (Å²) in [6, 6.07) is 6.06. The number of benzene rings is 1. The Balaban J connectivity index is 1.61. The van der Waals surface area contributed by atoms with Crippen LogP contribution in [0.4, 0.5) is 0 Å². The Bertz CT molecular complexity index is 740. The van der Waals surface area contributed by atoms with Gasteiger partial charge in [-0.2, -0.15) is 5.10 Å². The van der Waals surface area contributed by atoms with E-state index >= 15 is 0 Å². The summed E-state index contributed by atoms with van der Waals surface area (Å²) in [7, 11) is 1.82. The molecule has 1 saturated heterocycles. The summed E-state index contributed by atoms with van der Waals surface area (Å²) in [4.78, 5) is 14.7. The van der Waals surface area contributed by atoms with Gasteiger partial charge in [-0.15, -0.1) is 0 Å². The molecule has 1 amide bonds. The Morgan fingerprint density at radius 1 is 1.26 bits per heavy atom. The van der Waals surface area contributed by atoms with Gasteiger partial charge in [0.1, 0.15) is 13.2 Å². The van der Waals surface area contributed by atoms with Crippen molar-refractivity contribution < 1.29 is 14.3 Å². The number of aromatic nitrogens is 2. The quantitative estimate of drug-likeness (QED) is 0.852. The van der Waals surface area contributed by atoms with Gasteiger partial charge in [0.25, 0.3) is 5.91 Å². The molecule has 0 spiro atoms. The third-order valence-corrected chi connectivity index (χ3v) is 4.42. The number of aryl methyl sites for hydroxylation is 1. The highest BCUT2D eigenvalue weighted by Gasteiger charge is 2.31. The van der Waals surface area contributed by atoms with Crippen LogP contribution < -0.4 is 9.47 Å². The third kappa shape index (κ3) is 2.54. The molecule has 6 heteroatoms. The number of nitrogens with zero attached hydrogens (tertiary/aromatic N) is 3. The maximum atomic E-state index is 12.7. The van der Waals surface area contributed by atoms with Gasteiger partial charge >= 0.3 is 0 Å². The summed E-state index contributed by atoms with van der Waals surface area (Å²) < 4.78 is 12.9. The van der Waals surface area contributed by atoms with E-state index in [4.69, 9.17) is 9.47 Å². The second-order valence-corrected chi connectivity index (χ2v) is 5.96. The lowest BCUT2D eigenvalue weighted by atomic mass is 10.0. The molecule has 0 radical (unpaired) electrons. The maximum absolute atomic E-state index is 12.7. The lowest BCUT2D eigenvalue weighted by Gasteiger charge is -2.26. The van der Waals surface area contributed by atoms with Crippen LogP contribution in [0.5, 0.6) is 11.5 Å². The monoisotopic (exact) mass is 313 g/mol. The van der Waals surface area contributed by atoms with E-state index in [1.54, 1.807) is 17.1 Å². The fourth-order valence-corrected chi connectivity index (χ4v) is 3.32. The summed E-state index contributed by atoms with van der Waals surface area (Å²) in [6.07, 6.45) is 5.36. The van der Waals surface area contributed by atoms with Crippen molar-refractivity contribution >= 4 is 5.91 Å². The summed E-state index contributed by atoms with van der Waals surface area (Å²) in [5.74, 6) is 1.59. The fourth-order valence-electron chi connectivity index (χ4n) is 3.32. The summed E-state index contributed by atoms with van der Waals surface area (Å²) in [5.41, 5.74) is 1.74. The molecule has 2 aliphatic heterocycles. The predicted octanol–water partition coefficient (Wildman–Crippen LogP) is 2.17. The highest BCUT2D eigenvalue weighted by atomic mass is 16.6. The van der Waals surface area contributed by atoms with Gasteiger partial charge in [-0.05, 0) is 30.5 Å². The van der Waals surface area contributed by atoms with Crippen molar-refractivity contribution in [3.63, 3.8) is 0 Å². The molecule has 0 N–H and O–H groups in total. The highest BCUT2D eigenvalue weighted by molar-refractivity contribution is 5.94. The number of carbonyl (C=O) groups excluding carboxylic acids is 1. The minimum absolute atomic E-state index is 0.0375. The van der Waals surface area contributed by atoms with E-state index in [0.29, 0.717) is 18.8 Å². The molecule has 4 rings (SSSR count). The molecule has 0 aliphatic carbocycles.